The molecule has 3 nitrogen and oxygen atoms in total. The van der Waals surface area contributed by atoms with Gasteiger partial charge in [0.25, 0.3) is 10.1 Å². The van der Waals surface area contributed by atoms with Crippen molar-refractivity contribution in [3.63, 3.8) is 0 Å². The number of rotatable bonds is 9. The Bertz CT molecular complexity index is 712. The molecule has 5 heteroatoms. The number of halogens is 1. The van der Waals surface area contributed by atoms with Crippen LogP contribution in [0.2, 0.25) is 0 Å². The van der Waals surface area contributed by atoms with E-state index in [1.54, 1.807) is 24.3 Å². The summed E-state index contributed by atoms with van der Waals surface area (Å²) in [4.78, 5) is 0.201. The van der Waals surface area contributed by atoms with Gasteiger partial charge in [0, 0.05) is 5.38 Å². The van der Waals surface area contributed by atoms with Gasteiger partial charge >= 0.3 is 0 Å². The van der Waals surface area contributed by atoms with E-state index in [1.165, 1.54) is 5.56 Å². The Kier molecular flexibility index (Phi) is 7.28. The summed E-state index contributed by atoms with van der Waals surface area (Å²) in [5.41, 5.74) is 2.23. The summed E-state index contributed by atoms with van der Waals surface area (Å²) in [5.74, 6) is 0. The maximum Gasteiger partial charge on any atom is 0.296 e. The molecule has 0 radical (unpaired) electrons. The third-order valence-electron chi connectivity index (χ3n) is 3.76. The van der Waals surface area contributed by atoms with Gasteiger partial charge in [-0.1, -0.05) is 48.0 Å². The normalized spacial score (nSPS) is 12.9. The molecule has 2 aromatic rings. The van der Waals surface area contributed by atoms with Gasteiger partial charge in [0.1, 0.15) is 0 Å². The van der Waals surface area contributed by atoms with Crippen LogP contribution in [-0.2, 0) is 20.7 Å². The van der Waals surface area contributed by atoms with Crippen molar-refractivity contribution in [3.05, 3.63) is 65.7 Å². The average Bonchev–Trinajstić information content (AvgIpc) is 2.56. The van der Waals surface area contributed by atoms with Crippen LogP contribution in [0.1, 0.15) is 30.4 Å². The summed E-state index contributed by atoms with van der Waals surface area (Å²) < 4.78 is 29.2. The minimum Gasteiger partial charge on any atom is -0.266 e. The zero-order valence-electron chi connectivity index (χ0n) is 13.8. The smallest absolute Gasteiger partial charge is 0.266 e. The third kappa shape index (κ3) is 6.27. The lowest BCUT2D eigenvalue weighted by molar-refractivity contribution is 0.306. The van der Waals surface area contributed by atoms with Crippen molar-refractivity contribution in [2.75, 3.05) is 6.61 Å². The van der Waals surface area contributed by atoms with Crippen molar-refractivity contribution in [3.8, 4) is 0 Å². The number of hydrogen-bond donors (Lipinski definition) is 0. The van der Waals surface area contributed by atoms with Gasteiger partial charge in [-0.15, -0.1) is 11.6 Å². The summed E-state index contributed by atoms with van der Waals surface area (Å²) in [6.45, 7) is 2.10. The molecule has 0 aliphatic carbocycles. The van der Waals surface area contributed by atoms with Gasteiger partial charge in [-0.2, -0.15) is 8.42 Å². The zero-order chi connectivity index (χ0) is 17.4. The summed E-state index contributed by atoms with van der Waals surface area (Å²) in [6.07, 6.45) is 3.17. The topological polar surface area (TPSA) is 43.4 Å². The van der Waals surface area contributed by atoms with E-state index in [0.717, 1.165) is 24.8 Å². The fourth-order valence-corrected chi connectivity index (χ4v) is 3.66. The molecule has 0 fully saturated rings. The molecule has 0 saturated heterocycles. The van der Waals surface area contributed by atoms with E-state index in [0.29, 0.717) is 6.42 Å². The van der Waals surface area contributed by atoms with Crippen LogP contribution < -0.4 is 0 Å². The molecule has 0 aromatic heterocycles. The average molecular weight is 367 g/mol. The van der Waals surface area contributed by atoms with Crippen molar-refractivity contribution >= 4 is 21.7 Å². The van der Waals surface area contributed by atoms with Gasteiger partial charge in [-0.25, -0.2) is 0 Å². The van der Waals surface area contributed by atoms with E-state index in [-0.39, 0.29) is 16.9 Å². The zero-order valence-corrected chi connectivity index (χ0v) is 15.4. The Hall–Kier alpha value is -1.36. The van der Waals surface area contributed by atoms with Crippen molar-refractivity contribution < 1.29 is 12.6 Å². The fraction of sp³-hybridized carbons (Fsp3) is 0.368. The lowest BCUT2D eigenvalue weighted by atomic mass is 10.1. The minimum atomic E-state index is -3.66. The van der Waals surface area contributed by atoms with E-state index in [9.17, 15) is 8.42 Å². The molecule has 0 aliphatic heterocycles. The maximum atomic E-state index is 12.0. The van der Waals surface area contributed by atoms with E-state index in [2.05, 4.69) is 12.1 Å². The van der Waals surface area contributed by atoms with Gasteiger partial charge < -0.3 is 0 Å². The number of hydrogen-bond acceptors (Lipinski definition) is 3. The Balaban J connectivity index is 1.68. The van der Waals surface area contributed by atoms with Crippen molar-refractivity contribution in [2.45, 2.75) is 42.9 Å². The van der Waals surface area contributed by atoms with Crippen LogP contribution in [0.5, 0.6) is 0 Å². The molecule has 0 amide bonds. The summed E-state index contributed by atoms with van der Waals surface area (Å²) in [5, 5.41) is 0.0566. The molecule has 0 bridgehead atoms. The second-order valence-corrected chi connectivity index (χ2v) is 8.10. The number of aryl methyl sites for hydroxylation is 1. The molecular formula is C19H23ClO3S. The van der Waals surface area contributed by atoms with Crippen molar-refractivity contribution in [2.24, 2.45) is 0 Å². The first kappa shape index (κ1) is 19.0. The predicted octanol–water partition coefficient (Wildman–Crippen LogP) is 4.72. The Morgan fingerprint density at radius 1 is 1.00 bits per heavy atom. The number of unbranched alkanes of at least 4 members (excludes halogenated alkanes) is 1. The molecule has 0 heterocycles. The van der Waals surface area contributed by atoms with Crippen LogP contribution in [0.4, 0.5) is 0 Å². The molecular weight excluding hydrogens is 344 g/mol. The molecule has 1 atom stereocenters. The predicted molar refractivity (Wildman–Crippen MR) is 98.0 cm³/mol. The summed E-state index contributed by atoms with van der Waals surface area (Å²) in [7, 11) is -3.66. The van der Waals surface area contributed by atoms with E-state index >= 15 is 0 Å². The lowest BCUT2D eigenvalue weighted by Crippen LogP contribution is -2.09. The van der Waals surface area contributed by atoms with Crippen LogP contribution in [0.15, 0.2) is 59.5 Å². The maximum absolute atomic E-state index is 12.0. The fourth-order valence-electron chi connectivity index (χ4n) is 2.38. The highest BCUT2D eigenvalue weighted by Gasteiger charge is 2.14. The Morgan fingerprint density at radius 3 is 2.33 bits per heavy atom. The van der Waals surface area contributed by atoms with Crippen LogP contribution in [0.3, 0.4) is 0 Å². The SMILES string of the molecule is Cc1ccc(S(=O)(=O)OCCCCC(Cl)Cc2ccccc2)cc1. The van der Waals surface area contributed by atoms with Crippen LogP contribution in [0.25, 0.3) is 0 Å². The monoisotopic (exact) mass is 366 g/mol. The molecule has 0 spiro atoms. The first-order chi connectivity index (χ1) is 11.5. The second kappa shape index (κ2) is 9.21. The van der Waals surface area contributed by atoms with Gasteiger partial charge in [0.15, 0.2) is 0 Å². The van der Waals surface area contributed by atoms with Gasteiger partial charge in [-0.3, -0.25) is 4.18 Å². The molecule has 2 aromatic carbocycles. The molecule has 130 valence electrons. The van der Waals surface area contributed by atoms with Crippen LogP contribution >= 0.6 is 11.6 Å². The third-order valence-corrected chi connectivity index (χ3v) is 5.46. The van der Waals surface area contributed by atoms with Gasteiger partial charge in [0.2, 0.25) is 0 Å². The Morgan fingerprint density at radius 2 is 1.67 bits per heavy atom. The van der Waals surface area contributed by atoms with Crippen molar-refractivity contribution in [1.82, 2.24) is 0 Å². The highest BCUT2D eigenvalue weighted by molar-refractivity contribution is 7.86. The first-order valence-corrected chi connectivity index (χ1v) is 9.96. The second-order valence-electron chi connectivity index (χ2n) is 5.87. The molecule has 1 unspecified atom stereocenters. The minimum absolute atomic E-state index is 0.0566. The van der Waals surface area contributed by atoms with Gasteiger partial charge in [-0.05, 0) is 50.3 Å². The molecule has 24 heavy (non-hydrogen) atoms. The molecule has 2 rings (SSSR count). The van der Waals surface area contributed by atoms with Crippen molar-refractivity contribution in [1.29, 1.82) is 0 Å². The number of benzene rings is 2. The first-order valence-electron chi connectivity index (χ1n) is 8.11. The summed E-state index contributed by atoms with van der Waals surface area (Å²) >= 11 is 6.34. The number of alkyl halides is 1. The van der Waals surface area contributed by atoms with Crippen LogP contribution in [-0.4, -0.2) is 20.4 Å². The summed E-state index contributed by atoms with van der Waals surface area (Å²) in [6, 6.07) is 16.8. The molecule has 0 aliphatic rings. The van der Waals surface area contributed by atoms with Gasteiger partial charge in [0.05, 0.1) is 11.5 Å². The van der Waals surface area contributed by atoms with E-state index in [4.69, 9.17) is 15.8 Å². The van der Waals surface area contributed by atoms with E-state index < -0.39 is 10.1 Å². The quantitative estimate of drug-likeness (QED) is 0.366. The largest absolute Gasteiger partial charge is 0.296 e. The molecule has 0 N–H and O–H groups in total. The lowest BCUT2D eigenvalue weighted by Gasteiger charge is -2.10. The van der Waals surface area contributed by atoms with E-state index in [1.807, 2.05) is 25.1 Å². The molecule has 0 saturated carbocycles. The highest BCUT2D eigenvalue weighted by Crippen LogP contribution is 2.16. The highest BCUT2D eigenvalue weighted by atomic mass is 35.5. The Labute approximate surface area is 149 Å². The van der Waals surface area contributed by atoms with Crippen LogP contribution in [0, 0.1) is 6.92 Å². The standard InChI is InChI=1S/C19H23ClO3S/c1-16-10-12-19(13-11-16)24(21,22)23-14-6-5-9-18(20)15-17-7-3-2-4-8-17/h2-4,7-8,10-13,18H,5-6,9,14-15H2,1H3.